The normalized spacial score (nSPS) is 11.2. The second-order valence-corrected chi connectivity index (χ2v) is 7.25. The van der Waals surface area contributed by atoms with E-state index in [0.29, 0.717) is 5.75 Å². The molecule has 23 heavy (non-hydrogen) atoms. The van der Waals surface area contributed by atoms with Gasteiger partial charge in [-0.3, -0.25) is 4.72 Å². The average Bonchev–Trinajstić information content (AvgIpc) is 2.45. The minimum atomic E-state index is -4.06. The first-order valence-corrected chi connectivity index (χ1v) is 8.83. The van der Waals surface area contributed by atoms with Crippen LogP contribution in [-0.4, -0.2) is 22.6 Å². The van der Waals surface area contributed by atoms with Crippen LogP contribution in [0.15, 0.2) is 39.7 Å². The van der Waals surface area contributed by atoms with E-state index in [0.717, 1.165) is 12.1 Å². The molecule has 0 aromatic heterocycles. The molecule has 0 aliphatic carbocycles. The van der Waals surface area contributed by atoms with E-state index in [1.54, 1.807) is 6.07 Å². The molecule has 0 atom stereocenters. The number of nitrogens with one attached hydrogen (secondary N) is 1. The van der Waals surface area contributed by atoms with E-state index in [2.05, 4.69) is 20.7 Å². The van der Waals surface area contributed by atoms with Crippen molar-refractivity contribution in [3.05, 3.63) is 45.6 Å². The molecule has 2 aromatic carbocycles. The highest BCUT2D eigenvalue weighted by Gasteiger charge is 2.24. The second-order valence-electron chi connectivity index (χ2n) is 4.37. The van der Waals surface area contributed by atoms with E-state index in [4.69, 9.17) is 21.1 Å². The minimum Gasteiger partial charge on any atom is -0.497 e. The molecule has 0 amide bonds. The van der Waals surface area contributed by atoms with E-state index in [1.165, 1.54) is 26.4 Å². The zero-order valence-electron chi connectivity index (χ0n) is 12.1. The molecule has 9 heteroatoms. The average molecular weight is 425 g/mol. The molecule has 0 heterocycles. The maximum absolute atomic E-state index is 13.3. The number of hydrogen-bond donors (Lipinski definition) is 1. The zero-order chi connectivity index (χ0) is 17.2. The van der Waals surface area contributed by atoms with Gasteiger partial charge in [0.25, 0.3) is 10.0 Å². The lowest BCUT2D eigenvalue weighted by molar-refractivity contribution is 0.395. The molecular weight excluding hydrogens is 413 g/mol. The molecule has 0 aliphatic heterocycles. The quantitative estimate of drug-likeness (QED) is 0.786. The maximum Gasteiger partial charge on any atom is 0.264 e. The summed E-state index contributed by atoms with van der Waals surface area (Å²) in [4.78, 5) is -0.265. The summed E-state index contributed by atoms with van der Waals surface area (Å²) in [6.07, 6.45) is 0. The highest BCUT2D eigenvalue weighted by molar-refractivity contribution is 9.10. The smallest absolute Gasteiger partial charge is 0.264 e. The number of sulfonamides is 1. The van der Waals surface area contributed by atoms with Crippen molar-refractivity contribution in [2.45, 2.75) is 4.90 Å². The van der Waals surface area contributed by atoms with Crippen LogP contribution in [0.25, 0.3) is 0 Å². The van der Waals surface area contributed by atoms with Gasteiger partial charge in [-0.1, -0.05) is 11.6 Å². The van der Waals surface area contributed by atoms with Gasteiger partial charge in [-0.2, -0.15) is 0 Å². The fourth-order valence-corrected chi connectivity index (χ4v) is 4.75. The molecule has 0 unspecified atom stereocenters. The Kier molecular flexibility index (Phi) is 5.38. The molecule has 0 fully saturated rings. The maximum atomic E-state index is 13.3. The van der Waals surface area contributed by atoms with Gasteiger partial charge in [0.05, 0.1) is 24.9 Å². The summed E-state index contributed by atoms with van der Waals surface area (Å²) < 4.78 is 50.9. The summed E-state index contributed by atoms with van der Waals surface area (Å²) in [5.74, 6) is 0.121. The van der Waals surface area contributed by atoms with E-state index < -0.39 is 15.8 Å². The third-order valence-corrected chi connectivity index (χ3v) is 5.65. The first-order chi connectivity index (χ1) is 10.8. The van der Waals surface area contributed by atoms with Gasteiger partial charge in [0, 0.05) is 10.5 Å². The number of ether oxygens (including phenoxy) is 2. The predicted octanol–water partition coefficient (Wildman–Crippen LogP) is 4.06. The molecule has 0 saturated heterocycles. The molecule has 2 aromatic rings. The van der Waals surface area contributed by atoms with Crippen LogP contribution in [0, 0.1) is 5.82 Å². The summed E-state index contributed by atoms with van der Waals surface area (Å²) in [7, 11) is -1.18. The monoisotopic (exact) mass is 423 g/mol. The second kappa shape index (κ2) is 6.94. The molecule has 0 radical (unpaired) electrons. The van der Waals surface area contributed by atoms with Crippen molar-refractivity contribution in [3.63, 3.8) is 0 Å². The van der Waals surface area contributed by atoms with Crippen LogP contribution in [0.4, 0.5) is 10.1 Å². The van der Waals surface area contributed by atoms with Crippen LogP contribution < -0.4 is 14.2 Å². The Morgan fingerprint density at radius 2 is 1.87 bits per heavy atom. The Morgan fingerprint density at radius 1 is 1.17 bits per heavy atom. The highest BCUT2D eigenvalue weighted by Crippen LogP contribution is 2.35. The SMILES string of the molecule is COc1ccc(NS(=O)(=O)c2c(Cl)cc(F)cc2Br)c(OC)c1. The lowest BCUT2D eigenvalue weighted by atomic mass is 10.3. The van der Waals surface area contributed by atoms with E-state index in [-0.39, 0.29) is 25.8 Å². The fourth-order valence-electron chi connectivity index (χ4n) is 1.86. The Hall–Kier alpha value is -1.51. The Balaban J connectivity index is 2.47. The van der Waals surface area contributed by atoms with Crippen LogP contribution >= 0.6 is 27.5 Å². The molecule has 5 nitrogen and oxygen atoms in total. The number of methoxy groups -OCH3 is 2. The number of anilines is 1. The first-order valence-electron chi connectivity index (χ1n) is 6.18. The Labute approximate surface area is 146 Å². The van der Waals surface area contributed by atoms with Crippen molar-refractivity contribution in [2.24, 2.45) is 0 Å². The summed E-state index contributed by atoms with van der Waals surface area (Å²) in [6.45, 7) is 0. The standard InChI is InChI=1S/C14H12BrClFNO4S/c1-21-9-3-4-12(13(7-9)22-2)18-23(19,20)14-10(15)5-8(17)6-11(14)16/h3-7,18H,1-2H3. The van der Waals surface area contributed by atoms with E-state index in [1.807, 2.05) is 0 Å². The van der Waals surface area contributed by atoms with Crippen molar-refractivity contribution >= 4 is 43.2 Å². The van der Waals surface area contributed by atoms with Crippen LogP contribution in [0.2, 0.25) is 5.02 Å². The van der Waals surface area contributed by atoms with Crippen molar-refractivity contribution in [1.29, 1.82) is 0 Å². The van der Waals surface area contributed by atoms with Gasteiger partial charge < -0.3 is 9.47 Å². The predicted molar refractivity (Wildman–Crippen MR) is 89.5 cm³/mol. The van der Waals surface area contributed by atoms with Crippen LogP contribution in [-0.2, 0) is 10.0 Å². The van der Waals surface area contributed by atoms with E-state index >= 15 is 0 Å². The topological polar surface area (TPSA) is 64.6 Å². The molecule has 0 spiro atoms. The molecular formula is C14H12BrClFNO4S. The summed E-state index contributed by atoms with van der Waals surface area (Å²) >= 11 is 8.88. The number of hydrogen-bond acceptors (Lipinski definition) is 4. The molecule has 0 saturated carbocycles. The van der Waals surface area contributed by atoms with Crippen LogP contribution in [0.1, 0.15) is 0 Å². The molecule has 1 N–H and O–H groups in total. The highest BCUT2D eigenvalue weighted by atomic mass is 79.9. The number of rotatable bonds is 5. The van der Waals surface area contributed by atoms with Gasteiger partial charge in [-0.25, -0.2) is 12.8 Å². The third-order valence-electron chi connectivity index (χ3n) is 2.88. The van der Waals surface area contributed by atoms with Crippen molar-refractivity contribution in [1.82, 2.24) is 0 Å². The summed E-state index contributed by atoms with van der Waals surface area (Å²) in [5.41, 5.74) is 0.195. The van der Waals surface area contributed by atoms with Crippen LogP contribution in [0.3, 0.4) is 0 Å². The number of benzene rings is 2. The van der Waals surface area contributed by atoms with Crippen molar-refractivity contribution in [3.8, 4) is 11.5 Å². The van der Waals surface area contributed by atoms with Gasteiger partial charge in [-0.05, 0) is 40.2 Å². The largest absolute Gasteiger partial charge is 0.497 e. The fraction of sp³-hybridized carbons (Fsp3) is 0.143. The zero-order valence-corrected chi connectivity index (χ0v) is 15.2. The van der Waals surface area contributed by atoms with Gasteiger partial charge in [0.1, 0.15) is 22.2 Å². The minimum absolute atomic E-state index is 0.0162. The summed E-state index contributed by atoms with van der Waals surface area (Å²) in [5, 5.41) is -0.239. The Bertz CT molecular complexity index is 822. The molecule has 0 aliphatic rings. The van der Waals surface area contributed by atoms with Gasteiger partial charge >= 0.3 is 0 Å². The lowest BCUT2D eigenvalue weighted by Gasteiger charge is -2.14. The molecule has 2 rings (SSSR count). The van der Waals surface area contributed by atoms with Crippen molar-refractivity contribution < 1.29 is 22.3 Å². The summed E-state index contributed by atoms with van der Waals surface area (Å²) in [6, 6.07) is 6.53. The number of halogens is 3. The van der Waals surface area contributed by atoms with Gasteiger partial charge in [0.2, 0.25) is 0 Å². The first kappa shape index (κ1) is 17.8. The molecule has 0 bridgehead atoms. The Morgan fingerprint density at radius 3 is 2.43 bits per heavy atom. The van der Waals surface area contributed by atoms with Crippen molar-refractivity contribution in [2.75, 3.05) is 18.9 Å². The molecule has 124 valence electrons. The third kappa shape index (κ3) is 3.88. The van der Waals surface area contributed by atoms with E-state index in [9.17, 15) is 12.8 Å². The van der Waals surface area contributed by atoms with Crippen LogP contribution in [0.5, 0.6) is 11.5 Å². The lowest BCUT2D eigenvalue weighted by Crippen LogP contribution is -2.15. The van der Waals surface area contributed by atoms with Gasteiger partial charge in [-0.15, -0.1) is 0 Å². The van der Waals surface area contributed by atoms with Gasteiger partial charge in [0.15, 0.2) is 0 Å².